The predicted octanol–water partition coefficient (Wildman–Crippen LogP) is 4.17. The highest BCUT2D eigenvalue weighted by Crippen LogP contribution is 2.44. The fourth-order valence-corrected chi connectivity index (χ4v) is 4.25. The zero-order valence-corrected chi connectivity index (χ0v) is 13.2. The molecule has 0 unspecified atom stereocenters. The molecule has 0 saturated heterocycles. The van der Waals surface area contributed by atoms with Crippen LogP contribution >= 0.6 is 7.29 Å². The lowest BCUT2D eigenvalue weighted by atomic mass is 10.2. The Bertz CT molecular complexity index is 802. The lowest BCUT2D eigenvalue weighted by molar-refractivity contribution is 0.588. The van der Waals surface area contributed by atoms with Crippen LogP contribution < -0.4 is 10.6 Å². The van der Waals surface area contributed by atoms with Gasteiger partial charge in [-0.05, 0) is 42.0 Å². The monoisotopic (exact) mass is 323 g/mol. The highest BCUT2D eigenvalue weighted by molar-refractivity contribution is 7.77. The summed E-state index contributed by atoms with van der Waals surface area (Å²) in [6.45, 7) is 0. The van der Waals surface area contributed by atoms with Gasteiger partial charge in [0.05, 0.1) is 0 Å². The summed E-state index contributed by atoms with van der Waals surface area (Å²) in [6.07, 6.45) is 1.54. The van der Waals surface area contributed by atoms with Crippen molar-refractivity contribution in [3.05, 3.63) is 96.3 Å². The van der Waals surface area contributed by atoms with Crippen LogP contribution in [0.15, 0.2) is 89.7 Å². The Morgan fingerprint density at radius 1 is 0.739 bits per heavy atom. The predicted molar refractivity (Wildman–Crippen MR) is 93.8 cm³/mol. The third kappa shape index (κ3) is 3.46. The van der Waals surface area contributed by atoms with Gasteiger partial charge in [-0.2, -0.15) is 0 Å². The van der Waals surface area contributed by atoms with Crippen LogP contribution in [-0.2, 0) is 4.57 Å². The molecule has 3 aromatic carbocycles. The van der Waals surface area contributed by atoms with Crippen LogP contribution in [0.2, 0.25) is 0 Å². The summed E-state index contributed by atoms with van der Waals surface area (Å²) < 4.78 is 31.0. The molecule has 23 heavy (non-hydrogen) atoms. The Kier molecular flexibility index (Phi) is 4.50. The van der Waals surface area contributed by atoms with Crippen molar-refractivity contribution in [1.82, 2.24) is 0 Å². The van der Waals surface area contributed by atoms with E-state index in [0.29, 0.717) is 16.2 Å². The molecule has 3 aromatic rings. The lowest BCUT2D eigenvalue weighted by Crippen LogP contribution is -2.14. The minimum Gasteiger partial charge on any atom is -0.288 e. The smallest absolute Gasteiger partial charge is 0.247 e. The van der Waals surface area contributed by atoms with Crippen LogP contribution in [0.4, 0.5) is 4.39 Å². The first-order chi connectivity index (χ1) is 11.2. The van der Waals surface area contributed by atoms with E-state index in [9.17, 15) is 8.96 Å². The van der Waals surface area contributed by atoms with Crippen LogP contribution in [0.1, 0.15) is 5.56 Å². The van der Waals surface area contributed by atoms with Crippen molar-refractivity contribution in [3.8, 4) is 0 Å². The molecule has 0 atom stereocenters. The molecule has 0 bridgehead atoms. The molecule has 0 fully saturated rings. The van der Waals surface area contributed by atoms with Crippen molar-refractivity contribution >= 4 is 24.1 Å². The Morgan fingerprint density at radius 2 is 1.22 bits per heavy atom. The van der Waals surface area contributed by atoms with Gasteiger partial charge in [0.1, 0.15) is 5.82 Å². The lowest BCUT2D eigenvalue weighted by Gasteiger charge is -2.14. The third-order valence-corrected chi connectivity index (χ3v) is 5.89. The minimum absolute atomic E-state index is 0.309. The first kappa shape index (κ1) is 15.4. The van der Waals surface area contributed by atoms with Crippen LogP contribution in [0, 0.1) is 5.82 Å². The summed E-state index contributed by atoms with van der Waals surface area (Å²) >= 11 is 0. The van der Waals surface area contributed by atoms with Crippen LogP contribution in [0.5, 0.6) is 0 Å². The number of halogens is 1. The van der Waals surface area contributed by atoms with Crippen molar-refractivity contribution in [2.45, 2.75) is 0 Å². The zero-order valence-electron chi connectivity index (χ0n) is 12.3. The number of hydrogen-bond acceptors (Lipinski definition) is 1. The summed E-state index contributed by atoms with van der Waals surface area (Å²) in [4.78, 5) is 0. The van der Waals surface area contributed by atoms with Crippen LogP contribution in [0.3, 0.4) is 0 Å². The normalized spacial score (nSPS) is 11.7. The van der Waals surface area contributed by atoms with Gasteiger partial charge in [0.2, 0.25) is 7.29 Å². The molecule has 0 aliphatic carbocycles. The number of hydrogen-bond donors (Lipinski definition) is 0. The van der Waals surface area contributed by atoms with Gasteiger partial charge in [0.15, 0.2) is 0 Å². The maximum Gasteiger partial charge on any atom is 0.247 e. The van der Waals surface area contributed by atoms with E-state index in [4.69, 9.17) is 0 Å². The molecule has 2 nitrogen and oxygen atoms in total. The second kappa shape index (κ2) is 6.72. The molecule has 0 spiro atoms. The third-order valence-electron chi connectivity index (χ3n) is 3.45. The van der Waals surface area contributed by atoms with E-state index in [0.717, 1.165) is 0 Å². The summed E-state index contributed by atoms with van der Waals surface area (Å²) in [5, 5.41) is 1.34. The van der Waals surface area contributed by atoms with Crippen molar-refractivity contribution in [1.29, 1.82) is 0 Å². The minimum atomic E-state index is -3.13. The molecule has 0 aromatic heterocycles. The van der Waals surface area contributed by atoms with Gasteiger partial charge in [-0.3, -0.25) is 4.57 Å². The van der Waals surface area contributed by atoms with Gasteiger partial charge in [-0.25, -0.2) is 9.15 Å². The second-order valence-corrected chi connectivity index (χ2v) is 7.46. The first-order valence-electron chi connectivity index (χ1n) is 7.21. The fourth-order valence-electron chi connectivity index (χ4n) is 2.24. The van der Waals surface area contributed by atoms with E-state index in [1.54, 1.807) is 18.3 Å². The Morgan fingerprint density at radius 3 is 1.70 bits per heavy atom. The van der Waals surface area contributed by atoms with Crippen LogP contribution in [-0.4, -0.2) is 6.21 Å². The molecule has 4 heteroatoms. The van der Waals surface area contributed by atoms with Crippen LogP contribution in [0.25, 0.3) is 0 Å². The van der Waals surface area contributed by atoms with E-state index in [1.807, 2.05) is 60.7 Å². The number of benzene rings is 3. The second-order valence-electron chi connectivity index (χ2n) is 5.04. The maximum absolute atomic E-state index is 13.6. The van der Waals surface area contributed by atoms with Crippen molar-refractivity contribution < 1.29 is 8.96 Å². The first-order valence-corrected chi connectivity index (χ1v) is 8.87. The average molecular weight is 323 g/mol. The number of nitrogens with zero attached hydrogens (tertiary/aromatic N) is 1. The number of rotatable bonds is 4. The highest BCUT2D eigenvalue weighted by atomic mass is 31.2. The van der Waals surface area contributed by atoms with E-state index in [-0.39, 0.29) is 5.82 Å². The van der Waals surface area contributed by atoms with Crippen molar-refractivity contribution in [2.24, 2.45) is 4.76 Å². The molecule has 0 heterocycles. The molecule has 0 amide bonds. The molecule has 114 valence electrons. The van der Waals surface area contributed by atoms with Crippen molar-refractivity contribution in [2.75, 3.05) is 0 Å². The van der Waals surface area contributed by atoms with Crippen molar-refractivity contribution in [3.63, 3.8) is 0 Å². The summed E-state index contributed by atoms with van der Waals surface area (Å²) in [7, 11) is -3.13. The summed E-state index contributed by atoms with van der Waals surface area (Å²) in [5.41, 5.74) is 0.707. The molecule has 0 radical (unpaired) electrons. The summed E-state index contributed by atoms with van der Waals surface area (Å²) in [5.74, 6) is -0.309. The molecular weight excluding hydrogens is 308 g/mol. The zero-order chi connectivity index (χ0) is 16.1. The van der Waals surface area contributed by atoms with Gasteiger partial charge in [-0.1, -0.05) is 48.5 Å². The topological polar surface area (TPSA) is 29.4 Å². The summed E-state index contributed by atoms with van der Waals surface area (Å²) in [6, 6.07) is 24.3. The highest BCUT2D eigenvalue weighted by Gasteiger charge is 2.25. The van der Waals surface area contributed by atoms with E-state index in [1.165, 1.54) is 12.1 Å². The Balaban J connectivity index is 2.06. The molecule has 0 aliphatic heterocycles. The van der Waals surface area contributed by atoms with Gasteiger partial charge in [0.25, 0.3) is 0 Å². The van der Waals surface area contributed by atoms with E-state index < -0.39 is 7.29 Å². The van der Waals surface area contributed by atoms with Gasteiger partial charge >= 0.3 is 0 Å². The average Bonchev–Trinajstić information content (AvgIpc) is 2.62. The molecule has 0 saturated carbocycles. The standard InChI is InChI=1S/C19H15FNOP/c20-17-13-11-16(12-14-17)15-21-23(22,18-7-3-1-4-8-18)19-9-5-2-6-10-19/h1-15H/b21-15+. The van der Waals surface area contributed by atoms with Gasteiger partial charge < -0.3 is 0 Å². The fraction of sp³-hybridized carbons (Fsp3) is 0. The SMILES string of the molecule is O=P(/N=C/c1ccc(F)cc1)(c1ccccc1)c1ccccc1. The van der Waals surface area contributed by atoms with E-state index >= 15 is 0 Å². The van der Waals surface area contributed by atoms with Gasteiger partial charge in [0, 0.05) is 16.8 Å². The quantitative estimate of drug-likeness (QED) is 0.523. The van der Waals surface area contributed by atoms with Gasteiger partial charge in [-0.15, -0.1) is 0 Å². The molecule has 3 rings (SSSR count). The maximum atomic E-state index is 13.6. The molecule has 0 aliphatic rings. The largest absolute Gasteiger partial charge is 0.288 e. The Hall–Kier alpha value is -2.51. The molecular formula is C19H15FNOP. The Labute approximate surface area is 134 Å². The van der Waals surface area contributed by atoms with E-state index in [2.05, 4.69) is 4.76 Å². The molecule has 0 N–H and O–H groups in total.